The van der Waals surface area contributed by atoms with E-state index in [4.69, 9.17) is 34.7 Å². The molecule has 1 aromatic carbocycles. The Labute approximate surface area is 176 Å². The first kappa shape index (κ1) is 25.4. The third-order valence-electron chi connectivity index (χ3n) is 3.60. The van der Waals surface area contributed by atoms with Crippen molar-refractivity contribution >= 4 is 31.4 Å². The van der Waals surface area contributed by atoms with Gasteiger partial charge in [0.15, 0.2) is 6.10 Å². The van der Waals surface area contributed by atoms with Gasteiger partial charge in [0.2, 0.25) is 0 Å². The smallest absolute Gasteiger partial charge is 0.396 e. The summed E-state index contributed by atoms with van der Waals surface area (Å²) in [5.41, 5.74) is 0.456. The molecular weight excluding hydrogens is 423 g/mol. The molecule has 0 radical (unpaired) electrons. The molecular formula is C18H28ClN2O7P. The van der Waals surface area contributed by atoms with Crippen LogP contribution >= 0.6 is 19.4 Å². The lowest BCUT2D eigenvalue weighted by molar-refractivity contribution is 0.0883. The van der Waals surface area contributed by atoms with Crippen molar-refractivity contribution in [1.82, 2.24) is 4.90 Å². The third kappa shape index (κ3) is 7.95. The molecule has 0 N–H and O–H groups in total. The van der Waals surface area contributed by atoms with Gasteiger partial charge >= 0.3 is 13.9 Å². The van der Waals surface area contributed by atoms with E-state index in [-0.39, 0.29) is 19.1 Å². The van der Waals surface area contributed by atoms with E-state index < -0.39 is 20.0 Å². The van der Waals surface area contributed by atoms with E-state index in [1.54, 1.807) is 38.1 Å². The van der Waals surface area contributed by atoms with E-state index >= 15 is 0 Å². The lowest BCUT2D eigenvalue weighted by Crippen LogP contribution is -2.34. The van der Waals surface area contributed by atoms with Crippen LogP contribution < -0.4 is 0 Å². The van der Waals surface area contributed by atoms with Crippen LogP contribution in [0, 0.1) is 0 Å². The molecule has 1 atom stereocenters. The van der Waals surface area contributed by atoms with E-state index in [1.807, 2.05) is 13.8 Å². The van der Waals surface area contributed by atoms with Crippen molar-refractivity contribution in [3.8, 4) is 0 Å². The van der Waals surface area contributed by atoms with Crippen LogP contribution in [0.15, 0.2) is 29.4 Å². The first-order valence-electron chi connectivity index (χ1n) is 9.24. The van der Waals surface area contributed by atoms with Crippen LogP contribution in [0.25, 0.3) is 0 Å². The average Bonchev–Trinajstić information content (AvgIpc) is 2.68. The minimum absolute atomic E-state index is 0.0839. The van der Waals surface area contributed by atoms with Crippen molar-refractivity contribution in [2.45, 2.75) is 33.8 Å². The summed E-state index contributed by atoms with van der Waals surface area (Å²) in [5, 5.41) is 4.26. The number of benzene rings is 1. The summed E-state index contributed by atoms with van der Waals surface area (Å²) < 4.78 is 34.5. The lowest BCUT2D eigenvalue weighted by atomic mass is 10.1. The second-order valence-corrected chi connectivity index (χ2v) is 7.53. The Bertz CT molecular complexity index is 701. The van der Waals surface area contributed by atoms with Gasteiger partial charge in [-0.25, -0.2) is 9.36 Å². The van der Waals surface area contributed by atoms with Gasteiger partial charge < -0.3 is 14.5 Å². The molecule has 1 aromatic rings. The first-order valence-corrected chi connectivity index (χ1v) is 11.1. The number of amides is 1. The van der Waals surface area contributed by atoms with Gasteiger partial charge in [0.25, 0.3) is 5.90 Å². The Morgan fingerprint density at radius 1 is 1.10 bits per heavy atom. The summed E-state index contributed by atoms with van der Waals surface area (Å²) in [7, 11) is -2.70. The molecule has 0 spiro atoms. The fourth-order valence-electron chi connectivity index (χ4n) is 2.28. The Balaban J connectivity index is 3.34. The van der Waals surface area contributed by atoms with E-state index in [9.17, 15) is 9.36 Å². The van der Waals surface area contributed by atoms with Gasteiger partial charge in [-0.1, -0.05) is 23.7 Å². The predicted octanol–water partition coefficient (Wildman–Crippen LogP) is 5.02. The van der Waals surface area contributed by atoms with Crippen molar-refractivity contribution in [3.63, 3.8) is 0 Å². The SMILES string of the molecule is CCOP(=O)(OCC)OC(/C(=N/OC)OC(=O)N(CC)CC)c1ccc(Cl)cc1. The number of nitrogens with zero attached hydrogens (tertiary/aromatic N) is 2. The van der Waals surface area contributed by atoms with Gasteiger partial charge in [-0.3, -0.25) is 13.6 Å². The minimum Gasteiger partial charge on any atom is -0.396 e. The number of ether oxygens (including phenoxy) is 1. The molecule has 0 aromatic heterocycles. The quantitative estimate of drug-likeness (QED) is 0.202. The van der Waals surface area contributed by atoms with Crippen molar-refractivity contribution < 1.29 is 32.5 Å². The molecule has 0 aliphatic heterocycles. The topological polar surface area (TPSA) is 95.9 Å². The predicted molar refractivity (Wildman–Crippen MR) is 110 cm³/mol. The zero-order valence-corrected chi connectivity index (χ0v) is 18.9. The maximum absolute atomic E-state index is 13.0. The highest BCUT2D eigenvalue weighted by atomic mass is 35.5. The number of carbonyl (C=O) groups excluding carboxylic acids is 1. The van der Waals surface area contributed by atoms with Gasteiger partial charge in [-0.05, 0) is 50.5 Å². The second-order valence-electron chi connectivity index (χ2n) is 5.47. The summed E-state index contributed by atoms with van der Waals surface area (Å²) >= 11 is 5.96. The first-order chi connectivity index (χ1) is 13.8. The molecule has 9 nitrogen and oxygen atoms in total. The summed E-state index contributed by atoms with van der Waals surface area (Å²) in [6.45, 7) is 7.94. The maximum Gasteiger partial charge on any atom is 0.475 e. The van der Waals surface area contributed by atoms with Gasteiger partial charge in [-0.15, -0.1) is 0 Å². The number of halogens is 1. The van der Waals surface area contributed by atoms with Crippen LogP contribution in [-0.4, -0.2) is 50.3 Å². The van der Waals surface area contributed by atoms with Gasteiger partial charge in [0, 0.05) is 18.1 Å². The Kier molecular flexibility index (Phi) is 11.2. The molecule has 0 fully saturated rings. The molecule has 1 rings (SSSR count). The van der Waals surface area contributed by atoms with Crippen molar-refractivity contribution in [3.05, 3.63) is 34.9 Å². The highest BCUT2D eigenvalue weighted by Crippen LogP contribution is 2.53. The summed E-state index contributed by atoms with van der Waals surface area (Å²) in [6.07, 6.45) is -1.87. The summed E-state index contributed by atoms with van der Waals surface area (Å²) in [5.74, 6) is -0.258. The third-order valence-corrected chi connectivity index (χ3v) is 5.47. The zero-order chi connectivity index (χ0) is 21.9. The van der Waals surface area contributed by atoms with Crippen LogP contribution in [0.4, 0.5) is 4.79 Å². The molecule has 11 heteroatoms. The number of carbonyl (C=O) groups is 1. The van der Waals surface area contributed by atoms with Crippen molar-refractivity contribution in [2.75, 3.05) is 33.4 Å². The number of oxime groups is 1. The molecule has 1 amide bonds. The lowest BCUT2D eigenvalue weighted by Gasteiger charge is -2.25. The number of hydrogen-bond donors (Lipinski definition) is 0. The number of phosphoric acid groups is 1. The van der Waals surface area contributed by atoms with Gasteiger partial charge in [0.05, 0.1) is 13.2 Å². The van der Waals surface area contributed by atoms with Crippen LogP contribution in [0.3, 0.4) is 0 Å². The average molecular weight is 451 g/mol. The number of phosphoric ester groups is 1. The van der Waals surface area contributed by atoms with Gasteiger partial charge in [-0.2, -0.15) is 0 Å². The minimum atomic E-state index is -3.99. The Morgan fingerprint density at radius 3 is 2.10 bits per heavy atom. The molecule has 0 bridgehead atoms. The molecule has 0 aliphatic rings. The van der Waals surface area contributed by atoms with E-state index in [1.165, 1.54) is 12.0 Å². The zero-order valence-electron chi connectivity index (χ0n) is 17.3. The van der Waals surface area contributed by atoms with Crippen molar-refractivity contribution in [1.29, 1.82) is 0 Å². The second kappa shape index (κ2) is 12.8. The largest absolute Gasteiger partial charge is 0.475 e. The van der Waals surface area contributed by atoms with Crippen LogP contribution in [0.2, 0.25) is 5.02 Å². The molecule has 0 saturated heterocycles. The Hall–Kier alpha value is -1.64. The van der Waals surface area contributed by atoms with Crippen LogP contribution in [-0.2, 0) is 27.7 Å². The molecule has 29 heavy (non-hydrogen) atoms. The normalized spacial score (nSPS) is 13.1. The van der Waals surface area contributed by atoms with E-state index in [2.05, 4.69) is 5.16 Å². The molecule has 0 aliphatic carbocycles. The van der Waals surface area contributed by atoms with E-state index in [0.29, 0.717) is 23.7 Å². The summed E-state index contributed by atoms with van der Waals surface area (Å²) in [4.78, 5) is 18.7. The fourth-order valence-corrected chi connectivity index (χ4v) is 3.70. The summed E-state index contributed by atoms with van der Waals surface area (Å²) in [6, 6.07) is 6.45. The number of rotatable bonds is 11. The van der Waals surface area contributed by atoms with Crippen LogP contribution in [0.5, 0.6) is 0 Å². The van der Waals surface area contributed by atoms with Crippen LogP contribution in [0.1, 0.15) is 39.4 Å². The molecule has 0 heterocycles. The molecule has 164 valence electrons. The van der Waals surface area contributed by atoms with Crippen molar-refractivity contribution in [2.24, 2.45) is 5.16 Å². The number of hydrogen-bond acceptors (Lipinski definition) is 8. The molecule has 1 unspecified atom stereocenters. The fraction of sp³-hybridized carbons (Fsp3) is 0.556. The highest BCUT2D eigenvalue weighted by Gasteiger charge is 2.36. The highest BCUT2D eigenvalue weighted by molar-refractivity contribution is 7.48. The monoisotopic (exact) mass is 450 g/mol. The Morgan fingerprint density at radius 2 is 1.66 bits per heavy atom. The van der Waals surface area contributed by atoms with E-state index in [0.717, 1.165) is 0 Å². The maximum atomic E-state index is 13.0. The van der Waals surface area contributed by atoms with Gasteiger partial charge in [0.1, 0.15) is 7.11 Å². The molecule has 0 saturated carbocycles. The standard InChI is InChI=1S/C18H28ClN2O7P/c1-6-21(7-2)18(22)27-17(20-24-5)16(14-10-12-15(19)13-11-14)28-29(23,25-8-3)26-9-4/h10-13,16H,6-9H2,1-5H3/b20-17-.